The topological polar surface area (TPSA) is 68.5 Å². The number of hydrogen-bond acceptors (Lipinski definition) is 4. The van der Waals surface area contributed by atoms with Crippen LogP contribution < -0.4 is 5.73 Å². The SMILES string of the molecule is [2H]c1c(N)nc(C2([2H])C([2H])([2H])N(C(=O)OC(C)(C)C)C([2H])([2H])C([2H])([2H])C2([2H])[2H])c([2H])c1[2H]. The van der Waals surface area contributed by atoms with Gasteiger partial charge >= 0.3 is 6.09 Å². The van der Waals surface area contributed by atoms with Crippen molar-refractivity contribution in [2.24, 2.45) is 0 Å². The van der Waals surface area contributed by atoms with Gasteiger partial charge in [-0.2, -0.15) is 0 Å². The number of carbonyl (C=O) groups excluding carboxylic acids is 1. The van der Waals surface area contributed by atoms with E-state index >= 15 is 0 Å². The summed E-state index contributed by atoms with van der Waals surface area (Å²) in [7, 11) is 0. The Balaban J connectivity index is 2.99. The molecule has 0 radical (unpaired) electrons. The van der Waals surface area contributed by atoms with Crippen LogP contribution in [0.25, 0.3) is 0 Å². The standard InChI is InChI=1S/C15H23N3O2/c1-15(2,3)20-14(19)18-9-5-6-11(10-18)12-7-4-8-13(16)17-12/h4,7-8,11H,5-6,9-10H2,1-3H3,(H2,16,17)/i4D,5D2,6D2,7D,8D,9D2,10D2,11D. The maximum atomic E-state index is 12.8. The van der Waals surface area contributed by atoms with E-state index in [2.05, 4.69) is 4.98 Å². The second-order valence-corrected chi connectivity index (χ2v) is 4.89. The van der Waals surface area contributed by atoms with Crippen molar-refractivity contribution in [3.63, 3.8) is 0 Å². The lowest BCUT2D eigenvalue weighted by atomic mass is 9.94. The van der Waals surface area contributed by atoms with Gasteiger partial charge in [-0.05, 0) is 45.6 Å². The van der Waals surface area contributed by atoms with Crippen LogP contribution in [0.3, 0.4) is 0 Å². The quantitative estimate of drug-likeness (QED) is 0.863. The number of piperidine rings is 1. The molecule has 1 atom stereocenters. The molecular formula is C15H23N3O2. The van der Waals surface area contributed by atoms with E-state index in [-0.39, 0.29) is 4.90 Å². The summed E-state index contributed by atoms with van der Waals surface area (Å²) in [5.74, 6) is -4.36. The number of amides is 1. The normalized spacial score (nSPS) is 42.2. The molecule has 5 nitrogen and oxygen atoms in total. The molecule has 2 heterocycles. The molecule has 2 N–H and O–H groups in total. The van der Waals surface area contributed by atoms with Crippen LogP contribution in [0, 0.1) is 0 Å². The van der Waals surface area contributed by atoms with E-state index in [0.717, 1.165) is 0 Å². The van der Waals surface area contributed by atoms with E-state index in [1.807, 2.05) is 0 Å². The summed E-state index contributed by atoms with van der Waals surface area (Å²) >= 11 is 0. The molecule has 110 valence electrons. The number of anilines is 1. The third-order valence-corrected chi connectivity index (χ3v) is 2.00. The average molecular weight is 289 g/mol. The minimum absolute atomic E-state index is 0.352. The van der Waals surface area contributed by atoms with Crippen LogP contribution in [0.15, 0.2) is 18.1 Å². The Morgan fingerprint density at radius 2 is 2.40 bits per heavy atom. The Kier molecular flexibility index (Phi) is 1.58. The molecule has 0 saturated carbocycles. The largest absolute Gasteiger partial charge is 0.444 e. The summed E-state index contributed by atoms with van der Waals surface area (Å²) in [4.78, 5) is 16.0. The van der Waals surface area contributed by atoms with Gasteiger partial charge in [-0.1, -0.05) is 6.04 Å². The molecule has 1 aliphatic rings. The molecule has 1 aromatic rings. The summed E-state index contributed by atoms with van der Waals surface area (Å²) < 4.78 is 103. The Morgan fingerprint density at radius 1 is 1.65 bits per heavy atom. The second-order valence-electron chi connectivity index (χ2n) is 4.89. The van der Waals surface area contributed by atoms with Gasteiger partial charge in [0.05, 0.1) is 6.85 Å². The molecule has 2 rings (SSSR count). The minimum atomic E-state index is -3.77. The number of carbonyl (C=O) groups is 1. The van der Waals surface area contributed by atoms with E-state index in [9.17, 15) is 4.79 Å². The maximum absolute atomic E-state index is 12.8. The van der Waals surface area contributed by atoms with E-state index in [1.165, 1.54) is 20.8 Å². The van der Waals surface area contributed by atoms with E-state index < -0.39 is 73.0 Å². The third kappa shape index (κ3) is 3.85. The molecule has 1 saturated heterocycles. The number of ether oxygens (including phenoxy) is 1. The highest BCUT2D eigenvalue weighted by atomic mass is 16.6. The first kappa shape index (κ1) is 5.54. The van der Waals surface area contributed by atoms with Crippen LogP contribution in [0.2, 0.25) is 0 Å². The zero-order valence-corrected chi connectivity index (χ0v) is 11.3. The number of hydrogen-bond donors (Lipinski definition) is 1. The molecule has 1 amide bonds. The van der Waals surface area contributed by atoms with Gasteiger partial charge in [0, 0.05) is 34.2 Å². The molecule has 0 bridgehead atoms. The highest BCUT2D eigenvalue weighted by molar-refractivity contribution is 5.68. The van der Waals surface area contributed by atoms with Crippen molar-refractivity contribution in [3.8, 4) is 0 Å². The van der Waals surface area contributed by atoms with Crippen LogP contribution in [-0.2, 0) is 4.74 Å². The fraction of sp³-hybridized carbons (Fsp3) is 0.600. The highest BCUT2D eigenvalue weighted by Gasteiger charge is 2.28. The van der Waals surface area contributed by atoms with Gasteiger partial charge in [-0.3, -0.25) is 0 Å². The number of nitrogens with two attached hydrogens (primary N) is 1. The lowest BCUT2D eigenvalue weighted by Crippen LogP contribution is -2.42. The fourth-order valence-electron chi connectivity index (χ4n) is 1.27. The highest BCUT2D eigenvalue weighted by Crippen LogP contribution is 2.27. The van der Waals surface area contributed by atoms with E-state index in [0.29, 0.717) is 0 Å². The first-order valence-electron chi connectivity index (χ1n) is 11.8. The Bertz CT molecular complexity index is 962. The van der Waals surface area contributed by atoms with Crippen molar-refractivity contribution in [2.45, 2.75) is 45.0 Å². The monoisotopic (exact) mass is 289 g/mol. The summed E-state index contributed by atoms with van der Waals surface area (Å²) in [6, 6.07) is -2.76. The number of nitrogens with zero attached hydrogens (tertiary/aromatic N) is 2. The van der Waals surface area contributed by atoms with Crippen molar-refractivity contribution in [1.82, 2.24) is 9.88 Å². The van der Waals surface area contributed by atoms with Crippen LogP contribution in [0.5, 0.6) is 0 Å². The van der Waals surface area contributed by atoms with Gasteiger partial charge < -0.3 is 15.4 Å². The number of aromatic nitrogens is 1. The maximum Gasteiger partial charge on any atom is 0.410 e. The van der Waals surface area contributed by atoms with Gasteiger partial charge in [0.1, 0.15) is 11.4 Å². The van der Waals surface area contributed by atoms with Crippen molar-refractivity contribution < 1.29 is 26.0 Å². The van der Waals surface area contributed by atoms with Crippen molar-refractivity contribution in [2.75, 3.05) is 18.7 Å². The molecular weight excluding hydrogens is 254 g/mol. The molecule has 1 aliphatic heterocycles. The molecule has 1 fully saturated rings. The number of pyridine rings is 1. The zero-order valence-electron chi connectivity index (χ0n) is 23.3. The predicted octanol–water partition coefficient (Wildman–Crippen LogP) is 2.78. The second kappa shape index (κ2) is 5.69. The van der Waals surface area contributed by atoms with E-state index in [4.69, 9.17) is 26.9 Å². The molecule has 0 aliphatic carbocycles. The molecule has 5 heteroatoms. The third-order valence-electron chi connectivity index (χ3n) is 2.00. The predicted molar refractivity (Wildman–Crippen MR) is 78.4 cm³/mol. The first-order chi connectivity index (χ1) is 14.0. The van der Waals surface area contributed by atoms with Gasteiger partial charge in [-0.25, -0.2) is 9.78 Å². The summed E-state index contributed by atoms with van der Waals surface area (Å²) in [5.41, 5.74) is 3.07. The van der Waals surface area contributed by atoms with Crippen molar-refractivity contribution in [1.29, 1.82) is 0 Å². The molecule has 20 heavy (non-hydrogen) atoms. The van der Waals surface area contributed by atoms with Crippen molar-refractivity contribution in [3.05, 3.63) is 23.8 Å². The van der Waals surface area contributed by atoms with Gasteiger partial charge in [0.2, 0.25) is 0 Å². The molecule has 1 unspecified atom stereocenters. The van der Waals surface area contributed by atoms with Gasteiger partial charge in [0.25, 0.3) is 0 Å². The summed E-state index contributed by atoms with van der Waals surface area (Å²) in [6.45, 7) is -3.24. The molecule has 0 aromatic carbocycles. The smallest absolute Gasteiger partial charge is 0.410 e. The lowest BCUT2D eigenvalue weighted by molar-refractivity contribution is 0.0197. The first-order valence-corrected chi connectivity index (χ1v) is 5.77. The Labute approximate surface area is 137 Å². The summed E-state index contributed by atoms with van der Waals surface area (Å²) in [6.07, 6.45) is -9.22. The fourth-order valence-corrected chi connectivity index (χ4v) is 1.27. The number of likely N-dealkylation sites (tertiary alicyclic amines) is 1. The average Bonchev–Trinajstić information content (AvgIpc) is 2.58. The van der Waals surface area contributed by atoms with E-state index in [1.54, 1.807) is 0 Å². The van der Waals surface area contributed by atoms with Crippen LogP contribution >= 0.6 is 0 Å². The summed E-state index contributed by atoms with van der Waals surface area (Å²) in [5, 5.41) is 0. The molecule has 1 aromatic heterocycles. The van der Waals surface area contributed by atoms with Crippen LogP contribution in [0.1, 0.15) is 61.6 Å². The zero-order chi connectivity index (χ0) is 25.5. The van der Waals surface area contributed by atoms with Crippen LogP contribution in [0.4, 0.5) is 10.6 Å². The number of rotatable bonds is 1. The van der Waals surface area contributed by atoms with Crippen LogP contribution in [-0.4, -0.2) is 34.6 Å². The minimum Gasteiger partial charge on any atom is -0.444 e. The number of nitrogen functional groups attached to an aromatic ring is 1. The van der Waals surface area contributed by atoms with Crippen molar-refractivity contribution >= 4 is 11.9 Å². The Morgan fingerprint density at radius 3 is 3.10 bits per heavy atom. The van der Waals surface area contributed by atoms with Gasteiger partial charge in [-0.15, -0.1) is 0 Å². The van der Waals surface area contributed by atoms with Gasteiger partial charge in [0.15, 0.2) is 0 Å². The molecule has 0 spiro atoms. The lowest BCUT2D eigenvalue weighted by Gasteiger charge is -2.33. The Hall–Kier alpha value is -1.78.